The first-order valence-corrected chi connectivity index (χ1v) is 9.42. The molecule has 2 fully saturated rings. The number of carbonyl (C=O) groups excluding carboxylic acids is 2. The molecule has 1 N–H and O–H groups in total. The number of aryl methyl sites for hydroxylation is 2. The summed E-state index contributed by atoms with van der Waals surface area (Å²) in [6, 6.07) is -0.243. The number of amides is 1. The number of carbonyl (C=O) groups is 3. The van der Waals surface area contributed by atoms with Crippen LogP contribution in [0.25, 0.3) is 0 Å². The van der Waals surface area contributed by atoms with Gasteiger partial charge in [0, 0.05) is 38.4 Å². The summed E-state index contributed by atoms with van der Waals surface area (Å²) in [6.45, 7) is 4.07. The fourth-order valence-corrected chi connectivity index (χ4v) is 4.52. The maximum atomic E-state index is 13.4. The van der Waals surface area contributed by atoms with Crippen LogP contribution in [0.1, 0.15) is 45.1 Å². The highest BCUT2D eigenvalue weighted by Crippen LogP contribution is 2.32. The van der Waals surface area contributed by atoms with Crippen molar-refractivity contribution >= 4 is 17.7 Å². The Bertz CT molecular complexity index is 785. The van der Waals surface area contributed by atoms with Crippen LogP contribution in [0.4, 0.5) is 0 Å². The molecule has 0 aromatic carbocycles. The van der Waals surface area contributed by atoms with Gasteiger partial charge in [0.25, 0.3) is 5.91 Å². The fourth-order valence-electron chi connectivity index (χ4n) is 4.52. The summed E-state index contributed by atoms with van der Waals surface area (Å²) in [4.78, 5) is 40.7. The summed E-state index contributed by atoms with van der Waals surface area (Å²) in [5.41, 5.74) is 0.831. The molecule has 1 aromatic rings. The predicted molar refractivity (Wildman–Crippen MR) is 93.9 cm³/mol. The third kappa shape index (κ3) is 3.39. The van der Waals surface area contributed by atoms with E-state index in [1.165, 1.54) is 0 Å². The standard InChI is InChI=1S/C19H24N2O6/c1-11-17(18-14(22)3-2-4-15(18)27-11)19(25)21-6-12-5-20(8-16(23)24)7-13(21)10-26-9-12/h12-13H,2-10H2,1H3,(H,23,24)/t12-,13-/m0/s1. The molecule has 4 rings (SSSR count). The zero-order valence-corrected chi connectivity index (χ0v) is 15.4. The Kier molecular flexibility index (Phi) is 4.77. The Morgan fingerprint density at radius 3 is 2.78 bits per heavy atom. The Hall–Kier alpha value is -2.19. The van der Waals surface area contributed by atoms with E-state index in [4.69, 9.17) is 14.3 Å². The summed E-state index contributed by atoms with van der Waals surface area (Å²) < 4.78 is 11.5. The molecular weight excluding hydrogens is 352 g/mol. The van der Waals surface area contributed by atoms with Crippen molar-refractivity contribution in [1.82, 2.24) is 9.80 Å². The number of carboxylic acid groups (broad SMARTS) is 1. The van der Waals surface area contributed by atoms with Gasteiger partial charge in [0.15, 0.2) is 5.78 Å². The van der Waals surface area contributed by atoms with Crippen molar-refractivity contribution in [2.75, 3.05) is 39.4 Å². The molecule has 146 valence electrons. The third-order valence-electron chi connectivity index (χ3n) is 5.62. The topological polar surface area (TPSA) is 100 Å². The largest absolute Gasteiger partial charge is 0.480 e. The van der Waals surface area contributed by atoms with Crippen molar-refractivity contribution < 1.29 is 28.6 Å². The van der Waals surface area contributed by atoms with Gasteiger partial charge < -0.3 is 19.2 Å². The molecule has 2 bridgehead atoms. The zero-order valence-electron chi connectivity index (χ0n) is 15.4. The summed E-state index contributed by atoms with van der Waals surface area (Å²) >= 11 is 0. The molecule has 0 spiro atoms. The molecule has 3 aliphatic rings. The second kappa shape index (κ2) is 7.09. The van der Waals surface area contributed by atoms with Gasteiger partial charge in [-0.05, 0) is 13.3 Å². The summed E-state index contributed by atoms with van der Waals surface area (Å²) in [6.07, 6.45) is 1.86. The van der Waals surface area contributed by atoms with Gasteiger partial charge in [0.1, 0.15) is 11.5 Å². The number of carboxylic acids is 1. The number of aliphatic carboxylic acids is 1. The van der Waals surface area contributed by atoms with Crippen LogP contribution >= 0.6 is 0 Å². The number of ketones is 1. The molecule has 1 aliphatic carbocycles. The lowest BCUT2D eigenvalue weighted by Gasteiger charge is -2.30. The first-order valence-electron chi connectivity index (χ1n) is 9.42. The molecule has 1 aromatic heterocycles. The average molecular weight is 376 g/mol. The van der Waals surface area contributed by atoms with Crippen molar-refractivity contribution in [2.24, 2.45) is 5.92 Å². The molecule has 8 nitrogen and oxygen atoms in total. The Morgan fingerprint density at radius 2 is 2.00 bits per heavy atom. The number of hydrogen-bond acceptors (Lipinski definition) is 6. The summed E-state index contributed by atoms with van der Waals surface area (Å²) in [5, 5.41) is 9.14. The number of rotatable bonds is 3. The molecule has 2 aliphatic heterocycles. The highest BCUT2D eigenvalue weighted by molar-refractivity contribution is 6.10. The lowest BCUT2D eigenvalue weighted by Crippen LogP contribution is -2.47. The third-order valence-corrected chi connectivity index (χ3v) is 5.62. The smallest absolute Gasteiger partial charge is 0.317 e. The number of fused-ring (bicyclic) bond motifs is 4. The van der Waals surface area contributed by atoms with Crippen LogP contribution in [-0.4, -0.2) is 78.0 Å². The Balaban J connectivity index is 1.65. The molecule has 3 heterocycles. The van der Waals surface area contributed by atoms with E-state index in [1.54, 1.807) is 11.8 Å². The van der Waals surface area contributed by atoms with Crippen molar-refractivity contribution in [3.8, 4) is 0 Å². The van der Waals surface area contributed by atoms with E-state index < -0.39 is 5.97 Å². The van der Waals surface area contributed by atoms with Crippen molar-refractivity contribution in [1.29, 1.82) is 0 Å². The fraction of sp³-hybridized carbons (Fsp3) is 0.632. The first kappa shape index (κ1) is 18.2. The average Bonchev–Trinajstić information content (AvgIpc) is 2.72. The van der Waals surface area contributed by atoms with E-state index in [0.29, 0.717) is 68.3 Å². The second-order valence-electron chi connectivity index (χ2n) is 7.71. The molecule has 1 amide bonds. The molecule has 0 unspecified atom stereocenters. The maximum absolute atomic E-state index is 13.4. The number of nitrogens with zero attached hydrogens (tertiary/aromatic N) is 2. The highest BCUT2D eigenvalue weighted by Gasteiger charge is 2.40. The van der Waals surface area contributed by atoms with Gasteiger partial charge in [-0.25, -0.2) is 0 Å². The van der Waals surface area contributed by atoms with E-state index in [9.17, 15) is 14.4 Å². The predicted octanol–water partition coefficient (Wildman–Crippen LogP) is 0.964. The summed E-state index contributed by atoms with van der Waals surface area (Å²) in [7, 11) is 0. The quantitative estimate of drug-likeness (QED) is 0.839. The Morgan fingerprint density at radius 1 is 1.19 bits per heavy atom. The van der Waals surface area contributed by atoms with E-state index in [2.05, 4.69) is 0 Å². The molecule has 0 saturated carbocycles. The minimum Gasteiger partial charge on any atom is -0.480 e. The van der Waals surface area contributed by atoms with E-state index >= 15 is 0 Å². The summed E-state index contributed by atoms with van der Waals surface area (Å²) in [5.74, 6) is 0.0399. The maximum Gasteiger partial charge on any atom is 0.317 e. The monoisotopic (exact) mass is 376 g/mol. The lowest BCUT2D eigenvalue weighted by molar-refractivity contribution is -0.138. The minimum absolute atomic E-state index is 0.0296. The molecule has 2 atom stereocenters. The van der Waals surface area contributed by atoms with E-state index in [0.717, 1.165) is 6.42 Å². The van der Waals surface area contributed by atoms with Crippen LogP contribution in [-0.2, 0) is 16.0 Å². The molecular formula is C19H24N2O6. The number of furan rings is 1. The van der Waals surface area contributed by atoms with Gasteiger partial charge in [-0.1, -0.05) is 0 Å². The van der Waals surface area contributed by atoms with Crippen LogP contribution in [0.2, 0.25) is 0 Å². The number of Topliss-reactive ketones (excluding diaryl/α,β-unsaturated/α-hetero) is 1. The highest BCUT2D eigenvalue weighted by atomic mass is 16.5. The lowest BCUT2D eigenvalue weighted by atomic mass is 9.92. The van der Waals surface area contributed by atoms with Crippen LogP contribution in [0.5, 0.6) is 0 Å². The van der Waals surface area contributed by atoms with Crippen molar-refractivity contribution in [3.05, 3.63) is 22.6 Å². The molecule has 27 heavy (non-hydrogen) atoms. The van der Waals surface area contributed by atoms with Gasteiger partial charge in [-0.15, -0.1) is 0 Å². The van der Waals surface area contributed by atoms with Gasteiger partial charge >= 0.3 is 5.97 Å². The SMILES string of the molecule is Cc1oc2c(c1C(=O)N1C[C@H]3COC[C@@H]1CN(CC(=O)O)C3)C(=O)CCC2. The van der Waals surface area contributed by atoms with Crippen molar-refractivity contribution in [3.63, 3.8) is 0 Å². The normalized spacial score (nSPS) is 25.8. The van der Waals surface area contributed by atoms with Crippen LogP contribution < -0.4 is 0 Å². The van der Waals surface area contributed by atoms with Crippen LogP contribution in [0, 0.1) is 12.8 Å². The van der Waals surface area contributed by atoms with Gasteiger partial charge in [-0.2, -0.15) is 0 Å². The minimum atomic E-state index is -0.876. The number of hydrogen-bond donors (Lipinski definition) is 1. The molecule has 0 radical (unpaired) electrons. The van der Waals surface area contributed by atoms with E-state index in [-0.39, 0.29) is 30.2 Å². The first-order chi connectivity index (χ1) is 12.9. The second-order valence-corrected chi connectivity index (χ2v) is 7.71. The molecule has 2 saturated heterocycles. The van der Waals surface area contributed by atoms with Gasteiger partial charge in [-0.3, -0.25) is 19.3 Å². The zero-order chi connectivity index (χ0) is 19.1. The molecule has 8 heteroatoms. The van der Waals surface area contributed by atoms with Crippen molar-refractivity contribution in [2.45, 2.75) is 32.2 Å². The van der Waals surface area contributed by atoms with Gasteiger partial charge in [0.05, 0.1) is 36.9 Å². The van der Waals surface area contributed by atoms with Gasteiger partial charge in [0.2, 0.25) is 0 Å². The van der Waals surface area contributed by atoms with E-state index in [1.807, 2.05) is 4.90 Å². The number of ether oxygens (including phenoxy) is 1. The Labute approximate surface area is 157 Å². The van der Waals surface area contributed by atoms with Crippen LogP contribution in [0.15, 0.2) is 4.42 Å². The van der Waals surface area contributed by atoms with Crippen LogP contribution in [0.3, 0.4) is 0 Å².